The van der Waals surface area contributed by atoms with Crippen LogP contribution in [0.1, 0.15) is 11.1 Å². The summed E-state index contributed by atoms with van der Waals surface area (Å²) in [7, 11) is 1.68. The molecule has 1 aliphatic rings. The van der Waals surface area contributed by atoms with E-state index in [4.69, 9.17) is 16.3 Å². The van der Waals surface area contributed by atoms with Gasteiger partial charge in [-0.2, -0.15) is 0 Å². The Bertz CT molecular complexity index is 743. The number of benzene rings is 2. The van der Waals surface area contributed by atoms with Crippen LogP contribution in [-0.2, 0) is 13.0 Å². The molecule has 2 amide bonds. The van der Waals surface area contributed by atoms with Gasteiger partial charge in [-0.25, -0.2) is 4.79 Å². The Labute approximate surface area is 165 Å². The maximum atomic E-state index is 12.4. The highest BCUT2D eigenvalue weighted by Gasteiger charge is 2.20. The van der Waals surface area contributed by atoms with Crippen LogP contribution in [0.4, 0.5) is 4.79 Å². The summed E-state index contributed by atoms with van der Waals surface area (Å²) in [4.78, 5) is 16.7. The van der Waals surface area contributed by atoms with Crippen molar-refractivity contribution < 1.29 is 9.53 Å². The van der Waals surface area contributed by atoms with Gasteiger partial charge in [0.1, 0.15) is 5.75 Å². The van der Waals surface area contributed by atoms with Gasteiger partial charge >= 0.3 is 6.03 Å². The second kappa shape index (κ2) is 9.62. The highest BCUT2D eigenvalue weighted by Crippen LogP contribution is 2.15. The van der Waals surface area contributed by atoms with Crippen molar-refractivity contribution in [3.63, 3.8) is 0 Å². The number of piperazine rings is 1. The van der Waals surface area contributed by atoms with E-state index in [1.165, 1.54) is 5.56 Å². The van der Waals surface area contributed by atoms with Gasteiger partial charge in [-0.05, 0) is 35.7 Å². The lowest BCUT2D eigenvalue weighted by Crippen LogP contribution is -2.51. The third kappa shape index (κ3) is 5.62. The van der Waals surface area contributed by atoms with E-state index >= 15 is 0 Å². The molecule has 144 valence electrons. The zero-order valence-corrected chi connectivity index (χ0v) is 16.4. The number of urea groups is 1. The smallest absolute Gasteiger partial charge is 0.317 e. The normalized spacial score (nSPS) is 14.8. The monoisotopic (exact) mass is 387 g/mol. The average Bonchev–Trinajstić information content (AvgIpc) is 2.72. The number of halogens is 1. The Morgan fingerprint density at radius 1 is 1.07 bits per heavy atom. The molecule has 0 unspecified atom stereocenters. The number of nitrogens with zero attached hydrogens (tertiary/aromatic N) is 2. The van der Waals surface area contributed by atoms with Gasteiger partial charge in [0.05, 0.1) is 7.11 Å². The molecule has 1 fully saturated rings. The van der Waals surface area contributed by atoms with Crippen LogP contribution >= 0.6 is 11.6 Å². The molecular formula is C21H26ClN3O2. The standard InChI is InChI=1S/C21H26ClN3O2/c1-27-19-8-6-17(7-9-19)10-11-24-12-14-25(15-13-24)21(26)23-16-18-4-2-3-5-20(18)22/h2-9H,10-16H2,1H3,(H,23,26). The molecule has 2 aromatic rings. The molecule has 1 saturated heterocycles. The maximum absolute atomic E-state index is 12.4. The Balaban J connectivity index is 1.39. The quantitative estimate of drug-likeness (QED) is 0.826. The molecule has 1 heterocycles. The minimum atomic E-state index is -0.0234. The van der Waals surface area contributed by atoms with Crippen LogP contribution in [0.5, 0.6) is 5.75 Å². The Kier molecular flexibility index (Phi) is 6.96. The molecular weight excluding hydrogens is 362 g/mol. The average molecular weight is 388 g/mol. The van der Waals surface area contributed by atoms with Crippen molar-refractivity contribution in [3.8, 4) is 5.75 Å². The lowest BCUT2D eigenvalue weighted by Gasteiger charge is -2.34. The highest BCUT2D eigenvalue weighted by molar-refractivity contribution is 6.31. The number of rotatable bonds is 6. The van der Waals surface area contributed by atoms with E-state index in [1.54, 1.807) is 7.11 Å². The minimum Gasteiger partial charge on any atom is -0.497 e. The SMILES string of the molecule is COc1ccc(CCN2CCN(C(=O)NCc3ccccc3Cl)CC2)cc1. The second-order valence-corrected chi connectivity index (χ2v) is 7.08. The molecule has 1 N–H and O–H groups in total. The zero-order valence-electron chi connectivity index (χ0n) is 15.7. The summed E-state index contributed by atoms with van der Waals surface area (Å²) in [5.41, 5.74) is 2.24. The van der Waals surface area contributed by atoms with Crippen molar-refractivity contribution >= 4 is 17.6 Å². The molecule has 3 rings (SSSR count). The van der Waals surface area contributed by atoms with Crippen molar-refractivity contribution in [2.24, 2.45) is 0 Å². The van der Waals surface area contributed by atoms with Crippen LogP contribution in [0.2, 0.25) is 5.02 Å². The molecule has 5 nitrogen and oxygen atoms in total. The molecule has 0 saturated carbocycles. The molecule has 0 bridgehead atoms. The molecule has 0 aliphatic carbocycles. The van der Waals surface area contributed by atoms with Gasteiger partial charge < -0.3 is 15.0 Å². The zero-order chi connectivity index (χ0) is 19.1. The van der Waals surface area contributed by atoms with Gasteiger partial charge in [0.2, 0.25) is 0 Å². The van der Waals surface area contributed by atoms with Gasteiger partial charge in [-0.1, -0.05) is 41.9 Å². The summed E-state index contributed by atoms with van der Waals surface area (Å²) >= 11 is 6.14. The number of ether oxygens (including phenoxy) is 1. The van der Waals surface area contributed by atoms with Crippen LogP contribution in [0.25, 0.3) is 0 Å². The summed E-state index contributed by atoms with van der Waals surface area (Å²) in [6, 6.07) is 15.8. The molecule has 27 heavy (non-hydrogen) atoms. The van der Waals surface area contributed by atoms with Crippen molar-refractivity contribution in [2.75, 3.05) is 39.8 Å². The summed E-state index contributed by atoms with van der Waals surface area (Å²) in [6.07, 6.45) is 1.00. The van der Waals surface area contributed by atoms with Crippen LogP contribution in [0, 0.1) is 0 Å². The van der Waals surface area contributed by atoms with Gasteiger partial charge in [-0.15, -0.1) is 0 Å². The van der Waals surface area contributed by atoms with Gasteiger partial charge in [0.15, 0.2) is 0 Å². The maximum Gasteiger partial charge on any atom is 0.317 e. The second-order valence-electron chi connectivity index (χ2n) is 6.68. The fourth-order valence-corrected chi connectivity index (χ4v) is 3.38. The van der Waals surface area contributed by atoms with Crippen molar-refractivity contribution in [2.45, 2.75) is 13.0 Å². The van der Waals surface area contributed by atoms with Crippen LogP contribution < -0.4 is 10.1 Å². The van der Waals surface area contributed by atoms with Crippen molar-refractivity contribution in [3.05, 3.63) is 64.7 Å². The first-order chi connectivity index (χ1) is 13.2. The third-order valence-corrected chi connectivity index (χ3v) is 5.29. The lowest BCUT2D eigenvalue weighted by molar-refractivity contribution is 0.140. The predicted molar refractivity (Wildman–Crippen MR) is 108 cm³/mol. The summed E-state index contributed by atoms with van der Waals surface area (Å²) in [5, 5.41) is 3.65. The molecule has 0 spiro atoms. The number of carbonyl (C=O) groups excluding carboxylic acids is 1. The highest BCUT2D eigenvalue weighted by atomic mass is 35.5. The topological polar surface area (TPSA) is 44.8 Å². The fourth-order valence-electron chi connectivity index (χ4n) is 3.18. The van der Waals surface area contributed by atoms with Gasteiger partial charge in [-0.3, -0.25) is 4.90 Å². The van der Waals surface area contributed by atoms with Crippen LogP contribution in [0.3, 0.4) is 0 Å². The number of carbonyl (C=O) groups is 1. The summed E-state index contributed by atoms with van der Waals surface area (Å²) in [5.74, 6) is 0.884. The number of amides is 2. The lowest BCUT2D eigenvalue weighted by atomic mass is 10.1. The van der Waals surface area contributed by atoms with Gasteiger partial charge in [0, 0.05) is 44.3 Å². The largest absolute Gasteiger partial charge is 0.497 e. The van der Waals surface area contributed by atoms with E-state index in [9.17, 15) is 4.79 Å². The molecule has 0 aromatic heterocycles. The molecule has 0 atom stereocenters. The van der Waals surface area contributed by atoms with E-state index in [-0.39, 0.29) is 6.03 Å². The number of hydrogen-bond donors (Lipinski definition) is 1. The predicted octanol–water partition coefficient (Wildman–Crippen LogP) is 3.42. The summed E-state index contributed by atoms with van der Waals surface area (Å²) < 4.78 is 5.19. The Morgan fingerprint density at radius 3 is 2.44 bits per heavy atom. The Morgan fingerprint density at radius 2 is 1.78 bits per heavy atom. The first kappa shape index (κ1) is 19.5. The molecule has 2 aromatic carbocycles. The third-order valence-electron chi connectivity index (χ3n) is 4.92. The first-order valence-corrected chi connectivity index (χ1v) is 9.65. The van der Waals surface area contributed by atoms with E-state index in [2.05, 4.69) is 22.3 Å². The number of nitrogens with one attached hydrogen (secondary N) is 1. The van der Waals surface area contributed by atoms with Crippen molar-refractivity contribution in [1.29, 1.82) is 0 Å². The van der Waals surface area contributed by atoms with Gasteiger partial charge in [0.25, 0.3) is 0 Å². The number of hydrogen-bond acceptors (Lipinski definition) is 3. The fraction of sp³-hybridized carbons (Fsp3) is 0.381. The van der Waals surface area contributed by atoms with Crippen LogP contribution in [0.15, 0.2) is 48.5 Å². The van der Waals surface area contributed by atoms with E-state index < -0.39 is 0 Å². The summed E-state index contributed by atoms with van der Waals surface area (Å²) in [6.45, 7) is 4.75. The molecule has 1 aliphatic heterocycles. The first-order valence-electron chi connectivity index (χ1n) is 9.27. The van der Waals surface area contributed by atoms with E-state index in [0.717, 1.165) is 50.5 Å². The Hall–Kier alpha value is -2.24. The minimum absolute atomic E-state index is 0.0234. The molecule has 0 radical (unpaired) electrons. The van der Waals surface area contributed by atoms with Crippen LogP contribution in [-0.4, -0.2) is 55.7 Å². The number of methoxy groups -OCH3 is 1. The van der Waals surface area contributed by atoms with Crippen molar-refractivity contribution in [1.82, 2.24) is 15.1 Å². The van der Waals surface area contributed by atoms with E-state index in [0.29, 0.717) is 11.6 Å². The van der Waals surface area contributed by atoms with E-state index in [1.807, 2.05) is 41.3 Å². The molecule has 6 heteroatoms.